The van der Waals surface area contributed by atoms with E-state index in [0.717, 1.165) is 5.56 Å². The van der Waals surface area contributed by atoms with Gasteiger partial charge in [0.1, 0.15) is 23.9 Å². The second kappa shape index (κ2) is 14.6. The van der Waals surface area contributed by atoms with Gasteiger partial charge in [-0.3, -0.25) is 19.2 Å². The molecule has 0 aliphatic heterocycles. The van der Waals surface area contributed by atoms with Gasteiger partial charge in [0.15, 0.2) is 0 Å². The van der Waals surface area contributed by atoms with E-state index in [4.69, 9.17) is 10.8 Å². The summed E-state index contributed by atoms with van der Waals surface area (Å²) in [7, 11) is 0. The first kappa shape index (κ1) is 30.1. The van der Waals surface area contributed by atoms with E-state index < -0.39 is 60.2 Å². The maximum Gasteiger partial charge on any atom is 0.327 e. The number of hydrogen-bond donors (Lipinski definition) is 8. The van der Waals surface area contributed by atoms with Gasteiger partial charge in [-0.15, -0.1) is 0 Å². The molecule has 4 atom stereocenters. The summed E-state index contributed by atoms with van der Waals surface area (Å²) >= 11 is 3.85. The Morgan fingerprint density at radius 1 is 0.737 bits per heavy atom. The molecule has 0 aliphatic rings. The zero-order valence-electron chi connectivity index (χ0n) is 20.2. The predicted octanol–water partition coefficient (Wildman–Crippen LogP) is -0.552. The number of nitrogens with two attached hydrogens (primary N) is 1. The van der Waals surface area contributed by atoms with Crippen LogP contribution in [0, 0.1) is 0 Å². The van der Waals surface area contributed by atoms with Crippen LogP contribution in [0.2, 0.25) is 0 Å². The van der Waals surface area contributed by atoms with Crippen LogP contribution in [-0.4, -0.2) is 74.9 Å². The van der Waals surface area contributed by atoms with Crippen molar-refractivity contribution >= 4 is 42.3 Å². The van der Waals surface area contributed by atoms with Crippen molar-refractivity contribution in [2.24, 2.45) is 5.73 Å². The number of aromatic hydroxyl groups is 1. The number of carbonyl (C=O) groups is 5. The van der Waals surface area contributed by atoms with Crippen LogP contribution in [0.3, 0.4) is 0 Å². The molecule has 0 aliphatic carbocycles. The SMILES string of the molecule is NC(Cc1ccccc1)C(=O)NC(Cc1ccc(O)cc1)C(=O)NC(CC(=O)O)C(=O)NC(CS)C(=O)O. The highest BCUT2D eigenvalue weighted by molar-refractivity contribution is 7.80. The molecule has 0 heterocycles. The van der Waals surface area contributed by atoms with Crippen LogP contribution in [0.15, 0.2) is 54.6 Å². The van der Waals surface area contributed by atoms with Crippen LogP contribution in [0.25, 0.3) is 0 Å². The van der Waals surface area contributed by atoms with Gasteiger partial charge in [0.05, 0.1) is 12.5 Å². The van der Waals surface area contributed by atoms with Crippen molar-refractivity contribution in [3.63, 3.8) is 0 Å². The Morgan fingerprint density at radius 3 is 1.82 bits per heavy atom. The van der Waals surface area contributed by atoms with E-state index in [1.165, 1.54) is 24.3 Å². The number of phenols is 1. The summed E-state index contributed by atoms with van der Waals surface area (Å²) in [6.07, 6.45) is -0.736. The van der Waals surface area contributed by atoms with Crippen molar-refractivity contribution in [1.82, 2.24) is 16.0 Å². The molecule has 2 aromatic rings. The Morgan fingerprint density at radius 2 is 1.26 bits per heavy atom. The standard InChI is InChI=1S/C25H30N4O8S/c26-17(10-14-4-2-1-3-5-14)22(33)27-18(11-15-6-8-16(30)9-7-15)23(34)28-19(12-21(31)32)24(35)29-20(13-38)25(36)37/h1-9,17-20,30,38H,10-13,26H2,(H,27,33)(H,28,34)(H,29,35)(H,31,32)(H,36,37). The van der Waals surface area contributed by atoms with Crippen LogP contribution < -0.4 is 21.7 Å². The maximum absolute atomic E-state index is 13.2. The quantitative estimate of drug-likeness (QED) is 0.143. The fraction of sp³-hybridized carbons (Fsp3) is 0.320. The largest absolute Gasteiger partial charge is 0.508 e. The monoisotopic (exact) mass is 546 g/mol. The van der Waals surface area contributed by atoms with Crippen molar-refractivity contribution in [2.75, 3.05) is 5.75 Å². The number of carboxylic acid groups (broad SMARTS) is 2. The fourth-order valence-corrected chi connectivity index (χ4v) is 3.68. The Balaban J connectivity index is 2.23. The molecule has 0 bridgehead atoms. The first-order valence-corrected chi connectivity index (χ1v) is 12.2. The molecule has 3 amide bonds. The third-order valence-electron chi connectivity index (χ3n) is 5.45. The topological polar surface area (TPSA) is 208 Å². The first-order chi connectivity index (χ1) is 18.0. The van der Waals surface area contributed by atoms with Gasteiger partial charge in [-0.1, -0.05) is 42.5 Å². The summed E-state index contributed by atoms with van der Waals surface area (Å²) in [4.78, 5) is 61.3. The average Bonchev–Trinajstić information content (AvgIpc) is 2.87. The minimum Gasteiger partial charge on any atom is -0.508 e. The summed E-state index contributed by atoms with van der Waals surface area (Å²) in [5, 5.41) is 34.9. The van der Waals surface area contributed by atoms with Gasteiger partial charge >= 0.3 is 11.9 Å². The molecule has 4 unspecified atom stereocenters. The molecule has 0 radical (unpaired) electrons. The highest BCUT2D eigenvalue weighted by atomic mass is 32.1. The molecular formula is C25H30N4O8S. The number of amides is 3. The molecular weight excluding hydrogens is 516 g/mol. The number of phenolic OH excluding ortho intramolecular Hbond substituents is 1. The Hall–Kier alpha value is -4.10. The van der Waals surface area contributed by atoms with Crippen LogP contribution in [-0.2, 0) is 36.8 Å². The van der Waals surface area contributed by atoms with Crippen molar-refractivity contribution in [1.29, 1.82) is 0 Å². The Kier molecular flexibility index (Phi) is 11.6. The molecule has 12 nitrogen and oxygen atoms in total. The van der Waals surface area contributed by atoms with E-state index in [0.29, 0.717) is 5.56 Å². The highest BCUT2D eigenvalue weighted by Gasteiger charge is 2.31. The van der Waals surface area contributed by atoms with Crippen LogP contribution in [0.4, 0.5) is 0 Å². The molecule has 0 aromatic heterocycles. The van der Waals surface area contributed by atoms with Crippen LogP contribution >= 0.6 is 12.6 Å². The van der Waals surface area contributed by atoms with E-state index in [1.54, 1.807) is 24.3 Å². The molecule has 8 N–H and O–H groups in total. The molecule has 0 fully saturated rings. The molecule has 204 valence electrons. The lowest BCUT2D eigenvalue weighted by Gasteiger charge is -2.24. The summed E-state index contributed by atoms with van der Waals surface area (Å²) in [5.74, 6) is -5.69. The number of carboxylic acids is 2. The third kappa shape index (κ3) is 9.75. The Bertz CT molecular complexity index is 1130. The minimum atomic E-state index is -1.64. The van der Waals surface area contributed by atoms with E-state index >= 15 is 0 Å². The van der Waals surface area contributed by atoms with Gasteiger partial charge in [-0.05, 0) is 29.7 Å². The minimum absolute atomic E-state index is 0.0148. The van der Waals surface area contributed by atoms with Gasteiger partial charge in [0, 0.05) is 12.2 Å². The van der Waals surface area contributed by atoms with Crippen molar-refractivity contribution in [3.8, 4) is 5.75 Å². The average molecular weight is 547 g/mol. The number of aliphatic carboxylic acids is 2. The number of hydrogen-bond acceptors (Lipinski definition) is 8. The van der Waals surface area contributed by atoms with Crippen molar-refractivity contribution in [3.05, 3.63) is 65.7 Å². The van der Waals surface area contributed by atoms with Gasteiger partial charge in [-0.2, -0.15) is 12.6 Å². The van der Waals surface area contributed by atoms with E-state index in [9.17, 15) is 34.2 Å². The summed E-state index contributed by atoms with van der Waals surface area (Å²) in [6, 6.07) is 9.44. The van der Waals surface area contributed by atoms with Crippen molar-refractivity contribution in [2.45, 2.75) is 43.4 Å². The van der Waals surface area contributed by atoms with Crippen LogP contribution in [0.5, 0.6) is 5.75 Å². The van der Waals surface area contributed by atoms with E-state index in [1.807, 2.05) is 6.07 Å². The van der Waals surface area contributed by atoms with Crippen LogP contribution in [0.1, 0.15) is 17.5 Å². The van der Waals surface area contributed by atoms with Crippen molar-refractivity contribution < 1.29 is 39.3 Å². The molecule has 0 spiro atoms. The lowest BCUT2D eigenvalue weighted by atomic mass is 10.0. The molecule has 2 rings (SSSR count). The fourth-order valence-electron chi connectivity index (χ4n) is 3.43. The molecule has 0 saturated carbocycles. The Labute approximate surface area is 224 Å². The first-order valence-electron chi connectivity index (χ1n) is 11.5. The normalized spacial score (nSPS) is 13.8. The summed E-state index contributed by atoms with van der Waals surface area (Å²) in [6.45, 7) is 0. The summed E-state index contributed by atoms with van der Waals surface area (Å²) < 4.78 is 0. The summed E-state index contributed by atoms with van der Waals surface area (Å²) in [5.41, 5.74) is 7.38. The zero-order valence-corrected chi connectivity index (χ0v) is 21.1. The number of thiol groups is 1. The molecule has 0 saturated heterocycles. The number of benzene rings is 2. The van der Waals surface area contributed by atoms with E-state index in [2.05, 4.69) is 28.6 Å². The zero-order chi connectivity index (χ0) is 28.2. The number of nitrogens with one attached hydrogen (secondary N) is 3. The maximum atomic E-state index is 13.2. The highest BCUT2D eigenvalue weighted by Crippen LogP contribution is 2.12. The van der Waals surface area contributed by atoms with Gasteiger partial charge < -0.3 is 37.0 Å². The lowest BCUT2D eigenvalue weighted by Crippen LogP contribution is -2.58. The second-order valence-electron chi connectivity index (χ2n) is 8.47. The molecule has 13 heteroatoms. The number of rotatable bonds is 14. The number of carbonyl (C=O) groups excluding carboxylic acids is 3. The smallest absolute Gasteiger partial charge is 0.327 e. The molecule has 38 heavy (non-hydrogen) atoms. The van der Waals surface area contributed by atoms with E-state index in [-0.39, 0.29) is 24.3 Å². The third-order valence-corrected chi connectivity index (χ3v) is 5.82. The van der Waals surface area contributed by atoms with Gasteiger partial charge in [0.25, 0.3) is 0 Å². The van der Waals surface area contributed by atoms with Gasteiger partial charge in [0.2, 0.25) is 17.7 Å². The second-order valence-corrected chi connectivity index (χ2v) is 8.83. The van der Waals surface area contributed by atoms with Gasteiger partial charge in [-0.25, -0.2) is 4.79 Å². The molecule has 2 aromatic carbocycles. The lowest BCUT2D eigenvalue weighted by molar-refractivity contribution is -0.143. The predicted molar refractivity (Wildman–Crippen MR) is 139 cm³/mol.